The van der Waals surface area contributed by atoms with Gasteiger partial charge in [-0.15, -0.1) is 0 Å². The number of rotatable bonds is 5. The fourth-order valence-corrected chi connectivity index (χ4v) is 4.18. The third kappa shape index (κ3) is 4.88. The molecule has 26 heavy (non-hydrogen) atoms. The number of hydrogen-bond acceptors (Lipinski definition) is 4. The van der Waals surface area contributed by atoms with E-state index >= 15 is 0 Å². The molecule has 2 saturated heterocycles. The normalized spacial score (nSPS) is 23.6. The minimum absolute atomic E-state index is 0.287. The third-order valence-electron chi connectivity index (χ3n) is 4.90. The number of nitrogens with zero attached hydrogens (tertiary/aromatic N) is 2. The quantitative estimate of drug-likeness (QED) is 0.599. The van der Waals surface area contributed by atoms with Gasteiger partial charge in [-0.3, -0.25) is 4.72 Å². The Bertz CT molecular complexity index is 757. The Morgan fingerprint density at radius 2 is 2.23 bits per heavy atom. The van der Waals surface area contributed by atoms with Crippen molar-refractivity contribution in [2.24, 2.45) is 10.4 Å². The smallest absolute Gasteiger partial charge is 0.229 e. The first kappa shape index (κ1) is 19.0. The summed E-state index contributed by atoms with van der Waals surface area (Å²) < 4.78 is 30.9. The molecule has 1 aromatic rings. The fraction of sp³-hybridized carbons (Fsp3) is 0.611. The second kappa shape index (κ2) is 7.84. The first-order chi connectivity index (χ1) is 12.4. The minimum atomic E-state index is -3.28. The summed E-state index contributed by atoms with van der Waals surface area (Å²) in [6.45, 7) is 7.07. The highest BCUT2D eigenvalue weighted by atomic mass is 32.2. The largest absolute Gasteiger partial charge is 0.381 e. The Kier molecular flexibility index (Phi) is 5.72. The van der Waals surface area contributed by atoms with Gasteiger partial charge in [0, 0.05) is 37.3 Å². The maximum absolute atomic E-state index is 11.4. The van der Waals surface area contributed by atoms with E-state index in [0.717, 1.165) is 63.5 Å². The molecule has 0 bridgehead atoms. The van der Waals surface area contributed by atoms with Gasteiger partial charge in [0.1, 0.15) is 0 Å². The van der Waals surface area contributed by atoms with Crippen LogP contribution in [-0.2, 0) is 21.3 Å². The van der Waals surface area contributed by atoms with Crippen LogP contribution in [0, 0.1) is 5.41 Å². The molecule has 1 spiro atoms. The summed E-state index contributed by atoms with van der Waals surface area (Å²) in [6, 6.07) is 7.36. The van der Waals surface area contributed by atoms with E-state index in [2.05, 4.69) is 21.9 Å². The second-order valence-electron chi connectivity index (χ2n) is 7.22. The number of hydrogen-bond donors (Lipinski definition) is 2. The third-order valence-corrected chi connectivity index (χ3v) is 5.51. The molecule has 1 atom stereocenters. The SMILES string of the molecule is CCNC(=NCc1cccc(NS(C)(=O)=O)c1)N1CCC2(CCOC2)C1. The van der Waals surface area contributed by atoms with Crippen molar-refractivity contribution in [3.8, 4) is 0 Å². The molecule has 3 rings (SSSR count). The predicted molar refractivity (Wildman–Crippen MR) is 104 cm³/mol. The van der Waals surface area contributed by atoms with Gasteiger partial charge in [0.05, 0.1) is 19.4 Å². The molecule has 8 heteroatoms. The summed E-state index contributed by atoms with van der Waals surface area (Å²) in [4.78, 5) is 7.09. The van der Waals surface area contributed by atoms with Gasteiger partial charge in [-0.1, -0.05) is 12.1 Å². The molecule has 0 amide bonds. The standard InChI is InChI=1S/C18H28N4O3S/c1-3-19-17(22-9-7-18(13-22)8-10-25-14-18)20-12-15-5-4-6-16(11-15)21-26(2,23)24/h4-6,11,21H,3,7-10,12-14H2,1-2H3,(H,19,20). The van der Waals surface area contributed by atoms with Crippen LogP contribution in [-0.4, -0.2) is 58.4 Å². The van der Waals surface area contributed by atoms with Crippen molar-refractivity contribution < 1.29 is 13.2 Å². The highest BCUT2D eigenvalue weighted by Crippen LogP contribution is 2.38. The first-order valence-corrected chi connectivity index (χ1v) is 11.0. The van der Waals surface area contributed by atoms with Gasteiger partial charge < -0.3 is 15.0 Å². The van der Waals surface area contributed by atoms with Crippen LogP contribution in [0.3, 0.4) is 0 Å². The summed E-state index contributed by atoms with van der Waals surface area (Å²) in [5, 5.41) is 3.38. The van der Waals surface area contributed by atoms with E-state index in [4.69, 9.17) is 9.73 Å². The molecule has 0 radical (unpaired) electrons. The molecule has 2 aliphatic heterocycles. The summed E-state index contributed by atoms with van der Waals surface area (Å²) in [6.07, 6.45) is 3.42. The van der Waals surface area contributed by atoms with E-state index in [0.29, 0.717) is 12.2 Å². The van der Waals surface area contributed by atoms with Crippen molar-refractivity contribution in [1.29, 1.82) is 0 Å². The molecule has 7 nitrogen and oxygen atoms in total. The van der Waals surface area contributed by atoms with Crippen LogP contribution in [0.5, 0.6) is 0 Å². The molecule has 2 heterocycles. The molecular weight excluding hydrogens is 352 g/mol. The second-order valence-corrected chi connectivity index (χ2v) is 8.97. The van der Waals surface area contributed by atoms with Crippen molar-refractivity contribution in [1.82, 2.24) is 10.2 Å². The van der Waals surface area contributed by atoms with Gasteiger partial charge in [0.25, 0.3) is 0 Å². The number of nitrogens with one attached hydrogen (secondary N) is 2. The van der Waals surface area contributed by atoms with E-state index in [9.17, 15) is 8.42 Å². The van der Waals surface area contributed by atoms with Crippen molar-refractivity contribution in [3.63, 3.8) is 0 Å². The van der Waals surface area contributed by atoms with Crippen LogP contribution in [0.1, 0.15) is 25.3 Å². The highest BCUT2D eigenvalue weighted by molar-refractivity contribution is 7.92. The number of guanidine groups is 1. The molecule has 1 unspecified atom stereocenters. The van der Waals surface area contributed by atoms with Gasteiger partial charge >= 0.3 is 0 Å². The number of aliphatic imine (C=N–C) groups is 1. The number of benzene rings is 1. The fourth-order valence-electron chi connectivity index (χ4n) is 3.63. The van der Waals surface area contributed by atoms with Crippen LogP contribution in [0.2, 0.25) is 0 Å². The van der Waals surface area contributed by atoms with Gasteiger partial charge in [-0.05, 0) is 37.5 Å². The lowest BCUT2D eigenvalue weighted by Crippen LogP contribution is -2.41. The molecule has 144 valence electrons. The zero-order valence-corrected chi connectivity index (χ0v) is 16.3. The van der Waals surface area contributed by atoms with Crippen LogP contribution < -0.4 is 10.0 Å². The van der Waals surface area contributed by atoms with Crippen molar-refractivity contribution >= 4 is 21.7 Å². The van der Waals surface area contributed by atoms with Crippen molar-refractivity contribution in [2.75, 3.05) is 43.8 Å². The Labute approximate surface area is 155 Å². The van der Waals surface area contributed by atoms with Crippen LogP contribution in [0.4, 0.5) is 5.69 Å². The Morgan fingerprint density at radius 3 is 2.92 bits per heavy atom. The topological polar surface area (TPSA) is 83.0 Å². The van der Waals surface area contributed by atoms with Crippen LogP contribution in [0.25, 0.3) is 0 Å². The lowest BCUT2D eigenvalue weighted by atomic mass is 9.87. The van der Waals surface area contributed by atoms with Gasteiger partial charge in [-0.25, -0.2) is 13.4 Å². The number of sulfonamides is 1. The van der Waals surface area contributed by atoms with Gasteiger partial charge in [0.2, 0.25) is 10.0 Å². The molecular formula is C18H28N4O3S. The zero-order valence-electron chi connectivity index (χ0n) is 15.5. The number of ether oxygens (including phenoxy) is 1. The molecule has 2 N–H and O–H groups in total. The lowest BCUT2D eigenvalue weighted by Gasteiger charge is -2.25. The van der Waals surface area contributed by atoms with E-state index in [1.807, 2.05) is 18.2 Å². The number of anilines is 1. The lowest BCUT2D eigenvalue weighted by molar-refractivity contribution is 0.156. The van der Waals surface area contributed by atoms with E-state index in [-0.39, 0.29) is 5.41 Å². The van der Waals surface area contributed by atoms with Crippen molar-refractivity contribution in [2.45, 2.75) is 26.3 Å². The summed E-state index contributed by atoms with van der Waals surface area (Å²) in [7, 11) is -3.28. The Hall–Kier alpha value is -1.80. The maximum atomic E-state index is 11.4. The molecule has 0 saturated carbocycles. The van der Waals surface area contributed by atoms with Crippen molar-refractivity contribution in [3.05, 3.63) is 29.8 Å². The summed E-state index contributed by atoms with van der Waals surface area (Å²) >= 11 is 0. The van der Waals surface area contributed by atoms with E-state index in [1.165, 1.54) is 0 Å². The minimum Gasteiger partial charge on any atom is -0.381 e. The van der Waals surface area contributed by atoms with Crippen LogP contribution in [0.15, 0.2) is 29.3 Å². The molecule has 1 aromatic carbocycles. The summed E-state index contributed by atoms with van der Waals surface area (Å²) in [5.74, 6) is 0.915. The maximum Gasteiger partial charge on any atom is 0.229 e. The highest BCUT2D eigenvalue weighted by Gasteiger charge is 2.42. The molecule has 2 aliphatic rings. The average Bonchev–Trinajstić information content (AvgIpc) is 3.20. The molecule has 0 aliphatic carbocycles. The zero-order chi connectivity index (χ0) is 18.6. The predicted octanol–water partition coefficient (Wildman–Crippen LogP) is 1.64. The van der Waals surface area contributed by atoms with Crippen LogP contribution >= 0.6 is 0 Å². The molecule has 0 aromatic heterocycles. The first-order valence-electron chi connectivity index (χ1n) is 9.07. The Morgan fingerprint density at radius 1 is 1.38 bits per heavy atom. The Balaban J connectivity index is 1.69. The van der Waals surface area contributed by atoms with Gasteiger partial charge in [-0.2, -0.15) is 0 Å². The monoisotopic (exact) mass is 380 g/mol. The van der Waals surface area contributed by atoms with E-state index < -0.39 is 10.0 Å². The molecule has 2 fully saturated rings. The van der Waals surface area contributed by atoms with E-state index in [1.54, 1.807) is 6.07 Å². The van der Waals surface area contributed by atoms with Gasteiger partial charge in [0.15, 0.2) is 5.96 Å². The summed E-state index contributed by atoms with van der Waals surface area (Å²) in [5.41, 5.74) is 1.82. The average molecular weight is 381 g/mol. The number of likely N-dealkylation sites (tertiary alicyclic amines) is 1.